The van der Waals surface area contributed by atoms with Gasteiger partial charge in [-0.3, -0.25) is 9.59 Å². The molecule has 34 heavy (non-hydrogen) atoms. The van der Waals surface area contributed by atoms with Crippen molar-refractivity contribution in [2.75, 3.05) is 24.3 Å². The van der Waals surface area contributed by atoms with Gasteiger partial charge in [0.1, 0.15) is 5.82 Å². The summed E-state index contributed by atoms with van der Waals surface area (Å²) >= 11 is 0. The van der Waals surface area contributed by atoms with Crippen LogP contribution in [0.3, 0.4) is 0 Å². The average Bonchev–Trinajstić information content (AvgIpc) is 2.82. The second kappa shape index (κ2) is 10.9. The summed E-state index contributed by atoms with van der Waals surface area (Å²) in [6.07, 6.45) is 1.72. The van der Waals surface area contributed by atoms with E-state index >= 15 is 0 Å². The predicted octanol–water partition coefficient (Wildman–Crippen LogP) is 2.51. The molecule has 0 unspecified atom stereocenters. The molecule has 2 aromatic carbocycles. The first-order valence-electron chi connectivity index (χ1n) is 10.5. The van der Waals surface area contributed by atoms with Crippen molar-refractivity contribution >= 4 is 33.3 Å². The van der Waals surface area contributed by atoms with Gasteiger partial charge in [0.15, 0.2) is 0 Å². The third-order valence-corrected chi connectivity index (χ3v) is 6.30. The monoisotopic (exact) mass is 481 g/mol. The molecule has 3 aromatic rings. The maximum Gasteiger partial charge on any atom is 0.251 e. The molecule has 0 aliphatic carbocycles. The van der Waals surface area contributed by atoms with E-state index in [1.807, 2.05) is 31.1 Å². The Bertz CT molecular complexity index is 1240. The van der Waals surface area contributed by atoms with Crippen LogP contribution in [0.5, 0.6) is 0 Å². The van der Waals surface area contributed by atoms with Crippen LogP contribution in [0.1, 0.15) is 28.4 Å². The minimum Gasteiger partial charge on any atom is -0.363 e. The summed E-state index contributed by atoms with van der Waals surface area (Å²) in [6, 6.07) is 16.4. The van der Waals surface area contributed by atoms with Crippen molar-refractivity contribution in [2.45, 2.75) is 24.9 Å². The Morgan fingerprint density at radius 2 is 1.53 bits per heavy atom. The first-order valence-corrected chi connectivity index (χ1v) is 12.0. The number of benzene rings is 2. The lowest BCUT2D eigenvalue weighted by atomic mass is 10.1. The molecule has 1 heterocycles. The zero-order chi connectivity index (χ0) is 24.7. The van der Waals surface area contributed by atoms with Gasteiger partial charge in [0, 0.05) is 51.6 Å². The minimum absolute atomic E-state index is 0.0710. The van der Waals surface area contributed by atoms with Gasteiger partial charge < -0.3 is 15.5 Å². The molecular formula is C24H27N5O4S. The normalized spacial score (nSPS) is 11.0. The Morgan fingerprint density at radius 1 is 0.882 bits per heavy atom. The van der Waals surface area contributed by atoms with Crippen LogP contribution < -0.4 is 20.3 Å². The number of carbonyl (C=O) groups excluding carboxylic acids is 2. The highest BCUT2D eigenvalue weighted by Gasteiger charge is 2.14. The molecule has 0 atom stereocenters. The number of pyridine rings is 1. The molecule has 178 valence electrons. The lowest BCUT2D eigenvalue weighted by Gasteiger charge is -2.11. The number of nitrogens with zero attached hydrogens (tertiary/aromatic N) is 2. The van der Waals surface area contributed by atoms with E-state index in [0.717, 1.165) is 11.4 Å². The number of rotatable bonds is 9. The molecule has 10 heteroatoms. The second-order valence-electron chi connectivity index (χ2n) is 7.83. The lowest BCUT2D eigenvalue weighted by Crippen LogP contribution is -2.24. The van der Waals surface area contributed by atoms with Gasteiger partial charge in [0.05, 0.1) is 4.90 Å². The highest BCUT2D eigenvalue weighted by atomic mass is 32.2. The van der Waals surface area contributed by atoms with E-state index in [1.54, 1.807) is 30.5 Å². The van der Waals surface area contributed by atoms with Gasteiger partial charge in [-0.15, -0.1) is 0 Å². The van der Waals surface area contributed by atoms with E-state index in [1.165, 1.54) is 31.2 Å². The molecule has 1 aromatic heterocycles. The predicted molar refractivity (Wildman–Crippen MR) is 131 cm³/mol. The van der Waals surface area contributed by atoms with Gasteiger partial charge in [0.2, 0.25) is 15.9 Å². The highest BCUT2D eigenvalue weighted by molar-refractivity contribution is 7.89. The van der Waals surface area contributed by atoms with Gasteiger partial charge in [0.25, 0.3) is 5.91 Å². The Hall–Kier alpha value is -3.76. The molecule has 0 bridgehead atoms. The van der Waals surface area contributed by atoms with E-state index in [-0.39, 0.29) is 23.3 Å². The molecule has 0 saturated heterocycles. The van der Waals surface area contributed by atoms with Crippen molar-refractivity contribution in [3.8, 4) is 0 Å². The number of nitrogens with one attached hydrogen (secondary N) is 3. The van der Waals surface area contributed by atoms with Crippen LogP contribution in [0.2, 0.25) is 0 Å². The number of carbonyl (C=O) groups is 2. The molecule has 3 N–H and O–H groups in total. The van der Waals surface area contributed by atoms with Crippen molar-refractivity contribution in [2.24, 2.45) is 0 Å². The number of hydrogen-bond acceptors (Lipinski definition) is 6. The molecule has 2 amide bonds. The summed E-state index contributed by atoms with van der Waals surface area (Å²) in [7, 11) is 0.0864. The minimum atomic E-state index is -3.73. The molecule has 0 aliphatic heterocycles. The molecule has 0 radical (unpaired) electrons. The fraction of sp³-hybridized carbons (Fsp3) is 0.208. The Morgan fingerprint density at radius 3 is 2.09 bits per heavy atom. The maximum atomic E-state index is 12.5. The van der Waals surface area contributed by atoms with Crippen LogP contribution in [0.25, 0.3) is 0 Å². The first kappa shape index (κ1) is 24.9. The van der Waals surface area contributed by atoms with Crippen LogP contribution in [-0.2, 0) is 27.9 Å². The topological polar surface area (TPSA) is 120 Å². The van der Waals surface area contributed by atoms with Gasteiger partial charge in [-0.1, -0.05) is 18.2 Å². The molecule has 0 spiro atoms. The van der Waals surface area contributed by atoms with E-state index in [2.05, 4.69) is 20.3 Å². The molecule has 3 rings (SSSR count). The van der Waals surface area contributed by atoms with Crippen molar-refractivity contribution < 1.29 is 18.0 Å². The molecule has 0 aliphatic rings. The highest BCUT2D eigenvalue weighted by Crippen LogP contribution is 2.15. The lowest BCUT2D eigenvalue weighted by molar-refractivity contribution is -0.114. The summed E-state index contributed by atoms with van der Waals surface area (Å²) < 4.78 is 27.6. The van der Waals surface area contributed by atoms with Crippen LogP contribution in [0.4, 0.5) is 11.5 Å². The molecule has 9 nitrogen and oxygen atoms in total. The van der Waals surface area contributed by atoms with E-state index in [9.17, 15) is 18.0 Å². The fourth-order valence-corrected chi connectivity index (χ4v) is 4.04. The van der Waals surface area contributed by atoms with Crippen molar-refractivity contribution in [3.05, 3.63) is 83.6 Å². The zero-order valence-corrected chi connectivity index (χ0v) is 20.0. The third kappa shape index (κ3) is 6.87. The van der Waals surface area contributed by atoms with Crippen LogP contribution in [0, 0.1) is 0 Å². The summed E-state index contributed by atoms with van der Waals surface area (Å²) in [4.78, 5) is 29.8. The Kier molecular flexibility index (Phi) is 7.98. The van der Waals surface area contributed by atoms with Crippen molar-refractivity contribution in [1.29, 1.82) is 0 Å². The third-order valence-electron chi connectivity index (χ3n) is 4.89. The van der Waals surface area contributed by atoms with Gasteiger partial charge >= 0.3 is 0 Å². The Balaban J connectivity index is 1.53. The molecule has 0 saturated carbocycles. The summed E-state index contributed by atoms with van der Waals surface area (Å²) in [5, 5.41) is 5.44. The standard InChI is InChI=1S/C24H27N5O4S/c1-17(30)28-21-9-11-22(12-10-21)34(32,33)27-16-18-4-7-20(8-5-18)24(31)26-15-19-6-13-23(25-14-19)29(2)3/h4-14,27H,15-16H2,1-3H3,(H,26,31)(H,28,30). The number of amides is 2. The summed E-state index contributed by atoms with van der Waals surface area (Å²) in [5.74, 6) is 0.368. The zero-order valence-electron chi connectivity index (χ0n) is 19.2. The van der Waals surface area contributed by atoms with Crippen LogP contribution >= 0.6 is 0 Å². The maximum absolute atomic E-state index is 12.5. The molecule has 0 fully saturated rings. The summed E-state index contributed by atoms with van der Waals surface area (Å²) in [5.41, 5.74) is 2.58. The van der Waals surface area contributed by atoms with Crippen molar-refractivity contribution in [3.63, 3.8) is 0 Å². The SMILES string of the molecule is CC(=O)Nc1ccc(S(=O)(=O)NCc2ccc(C(=O)NCc3ccc(N(C)C)nc3)cc2)cc1. The van der Waals surface area contributed by atoms with Gasteiger partial charge in [-0.05, 0) is 53.6 Å². The first-order chi connectivity index (χ1) is 16.1. The van der Waals surface area contributed by atoms with Crippen molar-refractivity contribution in [1.82, 2.24) is 15.0 Å². The van der Waals surface area contributed by atoms with E-state index < -0.39 is 10.0 Å². The number of aromatic nitrogens is 1. The number of sulfonamides is 1. The second-order valence-corrected chi connectivity index (χ2v) is 9.60. The van der Waals surface area contributed by atoms with Crippen LogP contribution in [-0.4, -0.2) is 39.3 Å². The van der Waals surface area contributed by atoms with Crippen LogP contribution in [0.15, 0.2) is 71.8 Å². The Labute approximate surface area is 199 Å². The smallest absolute Gasteiger partial charge is 0.251 e. The largest absolute Gasteiger partial charge is 0.363 e. The van der Waals surface area contributed by atoms with Gasteiger partial charge in [-0.2, -0.15) is 0 Å². The number of hydrogen-bond donors (Lipinski definition) is 3. The summed E-state index contributed by atoms with van der Waals surface area (Å²) in [6.45, 7) is 1.80. The number of anilines is 2. The molecular weight excluding hydrogens is 454 g/mol. The average molecular weight is 482 g/mol. The fourth-order valence-electron chi connectivity index (χ4n) is 3.03. The van der Waals surface area contributed by atoms with E-state index in [0.29, 0.717) is 23.4 Å². The van der Waals surface area contributed by atoms with E-state index in [4.69, 9.17) is 0 Å². The van der Waals surface area contributed by atoms with Gasteiger partial charge in [-0.25, -0.2) is 18.1 Å². The quantitative estimate of drug-likeness (QED) is 0.432.